The number of aryl methyl sites for hydroxylation is 1. The molecule has 1 spiro atoms. The van der Waals surface area contributed by atoms with Crippen LogP contribution in [0.15, 0.2) is 40.6 Å². The predicted octanol–water partition coefficient (Wildman–Crippen LogP) is 3.84. The summed E-state index contributed by atoms with van der Waals surface area (Å²) in [7, 11) is 0. The van der Waals surface area contributed by atoms with Crippen LogP contribution < -0.4 is 10.5 Å². The quantitative estimate of drug-likeness (QED) is 0.746. The van der Waals surface area contributed by atoms with Crippen LogP contribution in [-0.4, -0.2) is 34.2 Å². The fraction of sp³-hybridized carbons (Fsp3) is 0.455. The lowest BCUT2D eigenvalue weighted by Crippen LogP contribution is -2.48. The van der Waals surface area contributed by atoms with Gasteiger partial charge in [-0.25, -0.2) is 0 Å². The molecule has 152 valence electrons. The second-order valence-electron chi connectivity index (χ2n) is 8.15. The number of nitriles is 1. The van der Waals surface area contributed by atoms with E-state index < -0.39 is 5.41 Å². The highest BCUT2D eigenvalue weighted by molar-refractivity contribution is 7.98. The summed E-state index contributed by atoms with van der Waals surface area (Å²) >= 11 is 1.75. The summed E-state index contributed by atoms with van der Waals surface area (Å²) in [5.74, 6) is 1.46. The van der Waals surface area contributed by atoms with Crippen molar-refractivity contribution in [3.63, 3.8) is 0 Å². The second kappa shape index (κ2) is 7.77. The number of thioether (sulfide) groups is 1. The molecule has 2 aromatic rings. The van der Waals surface area contributed by atoms with Gasteiger partial charge in [-0.05, 0) is 58.8 Å². The first kappa shape index (κ1) is 19.9. The van der Waals surface area contributed by atoms with Gasteiger partial charge in [0.05, 0.1) is 5.69 Å². The second-order valence-corrected chi connectivity index (χ2v) is 9.20. The first-order chi connectivity index (χ1) is 13.9. The number of H-pyrrole nitrogens is 1. The topological polar surface area (TPSA) is 91.0 Å². The Kier molecular flexibility index (Phi) is 5.32. The van der Waals surface area contributed by atoms with Gasteiger partial charge in [-0.15, -0.1) is 16.9 Å². The molecule has 1 aromatic carbocycles. The van der Waals surface area contributed by atoms with E-state index in [0.717, 1.165) is 42.9 Å². The Bertz CT molecular complexity index is 962. The molecule has 29 heavy (non-hydrogen) atoms. The molecular weight excluding hydrogens is 382 g/mol. The van der Waals surface area contributed by atoms with Gasteiger partial charge in [0.2, 0.25) is 11.8 Å². The summed E-state index contributed by atoms with van der Waals surface area (Å²) in [6.45, 7) is 8.36. The Labute approximate surface area is 176 Å². The van der Waals surface area contributed by atoms with Crippen LogP contribution in [0.2, 0.25) is 0 Å². The fourth-order valence-electron chi connectivity index (χ4n) is 4.42. The molecule has 2 aliphatic rings. The molecule has 0 aliphatic carbocycles. The number of nitrogens with zero attached hydrogens (tertiary/aromatic N) is 3. The molecule has 2 aliphatic heterocycles. The van der Waals surface area contributed by atoms with E-state index in [4.69, 9.17) is 10.5 Å². The van der Waals surface area contributed by atoms with Crippen LogP contribution in [0.4, 0.5) is 0 Å². The number of nitrogens with one attached hydrogen (secondary N) is 1. The molecule has 3 N–H and O–H groups in total. The molecule has 0 amide bonds. The summed E-state index contributed by atoms with van der Waals surface area (Å²) in [6, 6.07) is 11.4. The predicted molar refractivity (Wildman–Crippen MR) is 114 cm³/mol. The average Bonchev–Trinajstić information content (AvgIpc) is 3.11. The number of benzene rings is 1. The molecule has 1 aromatic heterocycles. The maximum atomic E-state index is 9.92. The third-order valence-electron chi connectivity index (χ3n) is 6.12. The third kappa shape index (κ3) is 3.52. The number of aromatic nitrogens is 2. The number of hydrogen-bond acceptors (Lipinski definition) is 6. The molecule has 0 atom stereocenters. The molecule has 7 heteroatoms. The lowest BCUT2D eigenvalue weighted by atomic mass is 9.67. The number of allylic oxidation sites excluding steroid dienone is 1. The summed E-state index contributed by atoms with van der Waals surface area (Å²) in [4.78, 5) is 3.65. The van der Waals surface area contributed by atoms with E-state index in [1.165, 1.54) is 10.5 Å². The van der Waals surface area contributed by atoms with Gasteiger partial charge >= 0.3 is 0 Å². The van der Waals surface area contributed by atoms with E-state index in [1.807, 2.05) is 0 Å². The number of hydrogen-bond donors (Lipinski definition) is 2. The molecule has 1 fully saturated rings. The van der Waals surface area contributed by atoms with Crippen molar-refractivity contribution in [3.05, 3.63) is 52.5 Å². The van der Waals surface area contributed by atoms with Gasteiger partial charge in [0.15, 0.2) is 0 Å². The number of piperidine rings is 1. The van der Waals surface area contributed by atoms with Crippen molar-refractivity contribution in [2.45, 2.75) is 55.7 Å². The van der Waals surface area contributed by atoms with Gasteiger partial charge in [0.25, 0.3) is 0 Å². The zero-order valence-corrected chi connectivity index (χ0v) is 18.0. The Morgan fingerprint density at radius 1 is 1.31 bits per heavy atom. The van der Waals surface area contributed by atoms with Crippen LogP contribution in [0.1, 0.15) is 43.5 Å². The molecule has 4 rings (SSSR count). The summed E-state index contributed by atoms with van der Waals surface area (Å²) in [5, 5.41) is 17.5. The highest BCUT2D eigenvalue weighted by Crippen LogP contribution is 2.50. The molecule has 3 heterocycles. The molecule has 6 nitrogen and oxygen atoms in total. The number of rotatable bonds is 4. The highest BCUT2D eigenvalue weighted by Gasteiger charge is 2.49. The third-order valence-corrected chi connectivity index (χ3v) is 7.15. The molecule has 0 radical (unpaired) electrons. The van der Waals surface area contributed by atoms with Crippen LogP contribution in [-0.2, 0) is 11.2 Å². The Morgan fingerprint density at radius 2 is 2.00 bits per heavy atom. The smallest absolute Gasteiger partial charge is 0.244 e. The van der Waals surface area contributed by atoms with E-state index in [2.05, 4.69) is 66.2 Å². The summed E-state index contributed by atoms with van der Waals surface area (Å²) < 4.78 is 5.76. The lowest BCUT2D eigenvalue weighted by molar-refractivity contribution is 0.138. The van der Waals surface area contributed by atoms with Crippen LogP contribution in [0.5, 0.6) is 5.88 Å². The van der Waals surface area contributed by atoms with Gasteiger partial charge in [-0.3, -0.25) is 5.10 Å². The molecular formula is C22H27N5OS. The van der Waals surface area contributed by atoms with Crippen molar-refractivity contribution in [3.8, 4) is 11.9 Å². The Morgan fingerprint density at radius 3 is 2.62 bits per heavy atom. The Balaban J connectivity index is 1.67. The largest absolute Gasteiger partial charge is 0.420 e. The molecule has 0 saturated carbocycles. The standard InChI is InChI=1S/C22H27N5OS/c1-14(2)27-10-8-22(9-11-27)17(12-23)20(24)28-21-19(22)18(25-26-21)13-29-16-6-4-15(3)5-7-16/h4-7,14H,8-11,13,24H2,1-3H3,(H,25,26). The van der Waals surface area contributed by atoms with Gasteiger partial charge in [-0.2, -0.15) is 5.26 Å². The number of fused-ring (bicyclic) bond motifs is 2. The van der Waals surface area contributed by atoms with Crippen molar-refractivity contribution in [1.29, 1.82) is 5.26 Å². The van der Waals surface area contributed by atoms with E-state index in [0.29, 0.717) is 17.5 Å². The Hall–Kier alpha value is -2.43. The van der Waals surface area contributed by atoms with Gasteiger partial charge in [-0.1, -0.05) is 17.7 Å². The molecule has 0 bridgehead atoms. The first-order valence-electron chi connectivity index (χ1n) is 10.0. The minimum absolute atomic E-state index is 0.197. The lowest BCUT2D eigenvalue weighted by Gasteiger charge is -2.44. The summed E-state index contributed by atoms with van der Waals surface area (Å²) in [6.07, 6.45) is 1.68. The SMILES string of the molecule is Cc1ccc(SCc2[nH]nc3c2C2(CCN(C(C)C)CC2)C(C#N)=C(N)O3)cc1. The van der Waals surface area contributed by atoms with E-state index in [1.54, 1.807) is 11.8 Å². The minimum atomic E-state index is -0.423. The van der Waals surface area contributed by atoms with Crippen molar-refractivity contribution < 1.29 is 4.74 Å². The van der Waals surface area contributed by atoms with E-state index >= 15 is 0 Å². The summed E-state index contributed by atoms with van der Waals surface area (Å²) in [5.41, 5.74) is 9.57. The van der Waals surface area contributed by atoms with Crippen molar-refractivity contribution in [1.82, 2.24) is 15.1 Å². The van der Waals surface area contributed by atoms with Crippen LogP contribution >= 0.6 is 11.8 Å². The van der Waals surface area contributed by atoms with Gasteiger partial charge < -0.3 is 15.4 Å². The number of nitrogens with two attached hydrogens (primary N) is 1. The number of ether oxygens (including phenoxy) is 1. The zero-order chi connectivity index (χ0) is 20.6. The van der Waals surface area contributed by atoms with E-state index in [-0.39, 0.29) is 5.88 Å². The van der Waals surface area contributed by atoms with Crippen molar-refractivity contribution in [2.24, 2.45) is 5.73 Å². The number of aromatic amines is 1. The van der Waals surface area contributed by atoms with Crippen LogP contribution in [0.25, 0.3) is 0 Å². The minimum Gasteiger partial charge on any atom is -0.420 e. The monoisotopic (exact) mass is 409 g/mol. The average molecular weight is 410 g/mol. The molecule has 1 saturated heterocycles. The van der Waals surface area contributed by atoms with Crippen LogP contribution in [0.3, 0.4) is 0 Å². The van der Waals surface area contributed by atoms with Gasteiger partial charge in [0, 0.05) is 27.7 Å². The van der Waals surface area contributed by atoms with Crippen molar-refractivity contribution >= 4 is 11.8 Å². The number of likely N-dealkylation sites (tertiary alicyclic amines) is 1. The maximum absolute atomic E-state index is 9.92. The normalized spacial score (nSPS) is 18.6. The first-order valence-corrected chi connectivity index (χ1v) is 11.0. The highest BCUT2D eigenvalue weighted by atomic mass is 32.2. The van der Waals surface area contributed by atoms with E-state index in [9.17, 15) is 5.26 Å². The fourth-order valence-corrected chi connectivity index (χ4v) is 5.27. The van der Waals surface area contributed by atoms with Gasteiger partial charge in [0.1, 0.15) is 11.6 Å². The maximum Gasteiger partial charge on any atom is 0.244 e. The zero-order valence-electron chi connectivity index (χ0n) is 17.2. The molecule has 0 unspecified atom stereocenters. The van der Waals surface area contributed by atoms with Crippen molar-refractivity contribution in [2.75, 3.05) is 13.1 Å². The van der Waals surface area contributed by atoms with Crippen LogP contribution in [0, 0.1) is 18.3 Å².